The highest BCUT2D eigenvalue weighted by atomic mass is 35.5. The van der Waals surface area contributed by atoms with Gasteiger partial charge in [0.2, 0.25) is 0 Å². The van der Waals surface area contributed by atoms with Gasteiger partial charge in [0, 0.05) is 28.6 Å². The number of benzene rings is 2. The summed E-state index contributed by atoms with van der Waals surface area (Å²) < 4.78 is 5.09. The van der Waals surface area contributed by atoms with Crippen molar-refractivity contribution < 1.29 is 9.53 Å². The number of hydrogen-bond acceptors (Lipinski definition) is 4. The number of aromatic nitrogens is 1. The van der Waals surface area contributed by atoms with Gasteiger partial charge in [-0.15, -0.1) is 11.3 Å². The molecule has 6 heteroatoms. The van der Waals surface area contributed by atoms with Gasteiger partial charge in [-0.25, -0.2) is 4.98 Å². The molecule has 2 aromatic carbocycles. The van der Waals surface area contributed by atoms with Gasteiger partial charge in [0.15, 0.2) is 5.13 Å². The fraction of sp³-hybridized carbons (Fsp3) is 0.158. The van der Waals surface area contributed by atoms with E-state index in [2.05, 4.69) is 22.4 Å². The van der Waals surface area contributed by atoms with Crippen molar-refractivity contribution in [3.05, 3.63) is 70.1 Å². The number of hydrogen-bond donors (Lipinski definition) is 1. The third-order valence-electron chi connectivity index (χ3n) is 3.66. The second-order valence-corrected chi connectivity index (χ2v) is 6.74. The van der Waals surface area contributed by atoms with E-state index in [1.54, 1.807) is 31.4 Å². The Morgan fingerprint density at radius 3 is 2.76 bits per heavy atom. The molecule has 0 unspecified atom stereocenters. The third kappa shape index (κ3) is 4.66. The van der Waals surface area contributed by atoms with Crippen molar-refractivity contribution in [2.75, 3.05) is 19.0 Å². The van der Waals surface area contributed by atoms with Crippen molar-refractivity contribution in [2.45, 2.75) is 6.42 Å². The number of nitrogens with one attached hydrogen (secondary N) is 1. The highest BCUT2D eigenvalue weighted by molar-refractivity contribution is 7.14. The number of ether oxygens (including phenoxy) is 1. The first-order valence-corrected chi connectivity index (χ1v) is 9.02. The van der Waals surface area contributed by atoms with Gasteiger partial charge in [-0.05, 0) is 30.2 Å². The summed E-state index contributed by atoms with van der Waals surface area (Å²) in [4.78, 5) is 16.7. The number of nitrogens with zero attached hydrogens (tertiary/aromatic N) is 1. The second-order valence-electron chi connectivity index (χ2n) is 5.44. The van der Waals surface area contributed by atoms with E-state index in [1.807, 2.05) is 17.5 Å². The molecule has 0 aliphatic heterocycles. The van der Waals surface area contributed by atoms with Crippen LogP contribution in [0.1, 0.15) is 15.9 Å². The zero-order chi connectivity index (χ0) is 17.6. The van der Waals surface area contributed by atoms with E-state index >= 15 is 0 Å². The predicted molar refractivity (Wildman–Crippen MR) is 103 cm³/mol. The number of rotatable bonds is 6. The van der Waals surface area contributed by atoms with E-state index in [4.69, 9.17) is 16.3 Å². The summed E-state index contributed by atoms with van der Waals surface area (Å²) in [7, 11) is 1.70. The van der Waals surface area contributed by atoms with E-state index in [1.165, 1.54) is 16.9 Å². The minimum atomic E-state index is -0.224. The first-order valence-electron chi connectivity index (χ1n) is 7.76. The van der Waals surface area contributed by atoms with E-state index in [0.29, 0.717) is 22.3 Å². The lowest BCUT2D eigenvalue weighted by Gasteiger charge is -2.03. The highest BCUT2D eigenvalue weighted by Gasteiger charge is 2.10. The molecule has 3 rings (SSSR count). The highest BCUT2D eigenvalue weighted by Crippen LogP contribution is 2.25. The summed E-state index contributed by atoms with van der Waals surface area (Å²) in [5.74, 6) is -0.224. The molecule has 0 aliphatic rings. The van der Waals surface area contributed by atoms with E-state index in [0.717, 1.165) is 17.7 Å². The van der Waals surface area contributed by atoms with Crippen LogP contribution in [0.2, 0.25) is 5.02 Å². The van der Waals surface area contributed by atoms with Crippen molar-refractivity contribution >= 4 is 34.0 Å². The van der Waals surface area contributed by atoms with E-state index < -0.39 is 0 Å². The Labute approximate surface area is 155 Å². The maximum absolute atomic E-state index is 12.2. The Bertz CT molecular complexity index is 862. The SMILES string of the molecule is COCCc1ccc(-c2csc(NC(=O)c3cccc(Cl)c3)n2)cc1. The van der Waals surface area contributed by atoms with Crippen molar-refractivity contribution in [1.82, 2.24) is 4.98 Å². The Hall–Kier alpha value is -2.21. The molecule has 1 aromatic heterocycles. The van der Waals surface area contributed by atoms with Crippen LogP contribution in [-0.2, 0) is 11.2 Å². The number of methoxy groups -OCH3 is 1. The van der Waals surface area contributed by atoms with Gasteiger partial charge in [0.1, 0.15) is 0 Å². The first kappa shape index (κ1) is 17.6. The summed E-state index contributed by atoms with van der Waals surface area (Å²) in [5, 5.41) is 5.82. The van der Waals surface area contributed by atoms with Crippen molar-refractivity contribution in [1.29, 1.82) is 0 Å². The average Bonchev–Trinajstić information content (AvgIpc) is 3.09. The Kier molecular flexibility index (Phi) is 5.81. The molecule has 0 saturated carbocycles. The Morgan fingerprint density at radius 2 is 2.04 bits per heavy atom. The number of thiazole rings is 1. The van der Waals surface area contributed by atoms with Crippen molar-refractivity contribution in [3.63, 3.8) is 0 Å². The number of anilines is 1. The summed E-state index contributed by atoms with van der Waals surface area (Å²) in [6, 6.07) is 15.0. The molecule has 0 bridgehead atoms. The molecule has 1 N–H and O–H groups in total. The molecule has 3 aromatic rings. The van der Waals surface area contributed by atoms with Gasteiger partial charge in [-0.2, -0.15) is 0 Å². The molecule has 128 valence electrons. The summed E-state index contributed by atoms with van der Waals surface area (Å²) >= 11 is 7.31. The van der Waals surface area contributed by atoms with Crippen LogP contribution in [0.4, 0.5) is 5.13 Å². The summed E-state index contributed by atoms with van der Waals surface area (Å²) in [5.41, 5.74) is 3.58. The number of carbonyl (C=O) groups excluding carboxylic acids is 1. The second kappa shape index (κ2) is 8.25. The largest absolute Gasteiger partial charge is 0.384 e. The van der Waals surface area contributed by atoms with Crippen LogP contribution < -0.4 is 5.32 Å². The number of halogens is 1. The molecule has 4 nitrogen and oxygen atoms in total. The fourth-order valence-corrected chi connectivity index (χ4v) is 3.23. The number of amides is 1. The standard InChI is InChI=1S/C19H17ClN2O2S/c1-24-10-9-13-5-7-14(8-6-13)17-12-25-19(21-17)22-18(23)15-3-2-4-16(20)11-15/h2-8,11-12H,9-10H2,1H3,(H,21,22,23). The topological polar surface area (TPSA) is 51.2 Å². The lowest BCUT2D eigenvalue weighted by Crippen LogP contribution is -2.11. The molecular weight excluding hydrogens is 356 g/mol. The minimum absolute atomic E-state index is 0.224. The normalized spacial score (nSPS) is 10.6. The van der Waals surface area contributed by atoms with Crippen LogP contribution in [0.5, 0.6) is 0 Å². The van der Waals surface area contributed by atoms with E-state index in [9.17, 15) is 4.79 Å². The smallest absolute Gasteiger partial charge is 0.257 e. The molecule has 1 amide bonds. The molecular formula is C19H17ClN2O2S. The van der Waals surface area contributed by atoms with Gasteiger partial charge in [-0.3, -0.25) is 10.1 Å². The van der Waals surface area contributed by atoms with Gasteiger partial charge in [-0.1, -0.05) is 41.9 Å². The van der Waals surface area contributed by atoms with Crippen molar-refractivity contribution in [2.24, 2.45) is 0 Å². The zero-order valence-corrected chi connectivity index (χ0v) is 15.2. The summed E-state index contributed by atoms with van der Waals surface area (Å²) in [6.07, 6.45) is 0.884. The van der Waals surface area contributed by atoms with Crippen LogP contribution >= 0.6 is 22.9 Å². The van der Waals surface area contributed by atoms with Gasteiger partial charge in [0.25, 0.3) is 5.91 Å². The van der Waals surface area contributed by atoms with Crippen LogP contribution in [0.25, 0.3) is 11.3 Å². The van der Waals surface area contributed by atoms with Crippen LogP contribution in [0.15, 0.2) is 53.9 Å². The first-order chi connectivity index (χ1) is 12.2. The van der Waals surface area contributed by atoms with Crippen LogP contribution in [0, 0.1) is 0 Å². The lowest BCUT2D eigenvalue weighted by atomic mass is 10.1. The van der Waals surface area contributed by atoms with Crippen LogP contribution in [0.3, 0.4) is 0 Å². The molecule has 0 radical (unpaired) electrons. The van der Waals surface area contributed by atoms with Crippen LogP contribution in [-0.4, -0.2) is 24.6 Å². The van der Waals surface area contributed by atoms with Gasteiger partial charge in [0.05, 0.1) is 12.3 Å². The zero-order valence-electron chi connectivity index (χ0n) is 13.7. The average molecular weight is 373 g/mol. The predicted octanol–water partition coefficient (Wildman–Crippen LogP) is 4.90. The van der Waals surface area contributed by atoms with Gasteiger partial charge >= 0.3 is 0 Å². The molecule has 1 heterocycles. The minimum Gasteiger partial charge on any atom is -0.384 e. The molecule has 0 spiro atoms. The fourth-order valence-electron chi connectivity index (χ4n) is 2.32. The number of carbonyl (C=O) groups is 1. The maximum Gasteiger partial charge on any atom is 0.257 e. The van der Waals surface area contributed by atoms with Gasteiger partial charge < -0.3 is 4.74 Å². The molecule has 0 atom stereocenters. The lowest BCUT2D eigenvalue weighted by molar-refractivity contribution is 0.102. The molecule has 0 fully saturated rings. The molecule has 0 aliphatic carbocycles. The molecule has 0 saturated heterocycles. The Morgan fingerprint density at radius 1 is 1.24 bits per heavy atom. The quantitative estimate of drug-likeness (QED) is 0.669. The maximum atomic E-state index is 12.2. The van der Waals surface area contributed by atoms with E-state index in [-0.39, 0.29) is 5.91 Å². The molecule has 25 heavy (non-hydrogen) atoms. The van der Waals surface area contributed by atoms with Crippen molar-refractivity contribution in [3.8, 4) is 11.3 Å². The monoisotopic (exact) mass is 372 g/mol. The Balaban J connectivity index is 1.68. The third-order valence-corrected chi connectivity index (χ3v) is 4.65. The summed E-state index contributed by atoms with van der Waals surface area (Å²) in [6.45, 7) is 0.704.